The average molecular weight is 259 g/mol. The molecule has 0 unspecified atom stereocenters. The summed E-state index contributed by atoms with van der Waals surface area (Å²) in [5.74, 6) is -0.238. The van der Waals surface area contributed by atoms with Crippen LogP contribution in [0.1, 0.15) is 12.0 Å². The smallest absolute Gasteiger partial charge is 0.129 e. The van der Waals surface area contributed by atoms with Gasteiger partial charge in [0.1, 0.15) is 5.82 Å². The van der Waals surface area contributed by atoms with E-state index >= 15 is 0 Å². The van der Waals surface area contributed by atoms with Crippen molar-refractivity contribution in [2.75, 3.05) is 6.61 Å². The quantitative estimate of drug-likeness (QED) is 0.579. The molecule has 1 rings (SSSR count). The van der Waals surface area contributed by atoms with Crippen molar-refractivity contribution in [3.63, 3.8) is 0 Å². The van der Waals surface area contributed by atoms with Crippen LogP contribution in [-0.2, 0) is 11.3 Å². The Morgan fingerprint density at radius 1 is 1.50 bits per heavy atom. The summed E-state index contributed by atoms with van der Waals surface area (Å²) < 4.78 is 19.3. The first-order valence-corrected chi connectivity index (χ1v) is 5.16. The SMILES string of the molecule is C=CCCOCc1c(F)cccc1Br. The van der Waals surface area contributed by atoms with E-state index in [9.17, 15) is 4.39 Å². The summed E-state index contributed by atoms with van der Waals surface area (Å²) in [7, 11) is 0. The standard InChI is InChI=1S/C11H12BrFO/c1-2-3-7-14-8-9-10(12)5-4-6-11(9)13/h2,4-6H,1,3,7-8H2. The van der Waals surface area contributed by atoms with Gasteiger partial charge in [-0.3, -0.25) is 0 Å². The molecule has 0 atom stereocenters. The fraction of sp³-hybridized carbons (Fsp3) is 0.273. The molecular formula is C11H12BrFO. The largest absolute Gasteiger partial charge is 0.376 e. The Labute approximate surface area is 91.7 Å². The highest BCUT2D eigenvalue weighted by atomic mass is 79.9. The van der Waals surface area contributed by atoms with Gasteiger partial charge in [-0.05, 0) is 18.6 Å². The molecule has 76 valence electrons. The lowest BCUT2D eigenvalue weighted by molar-refractivity contribution is 0.122. The Bertz CT molecular complexity index is 292. The molecule has 1 aromatic carbocycles. The highest BCUT2D eigenvalue weighted by Crippen LogP contribution is 2.20. The van der Waals surface area contributed by atoms with Crippen molar-refractivity contribution in [1.29, 1.82) is 0 Å². The van der Waals surface area contributed by atoms with Crippen LogP contribution in [0.15, 0.2) is 35.3 Å². The third kappa shape index (κ3) is 3.24. The summed E-state index contributed by atoms with van der Waals surface area (Å²) in [6.45, 7) is 4.44. The van der Waals surface area contributed by atoms with E-state index in [4.69, 9.17) is 4.74 Å². The molecule has 0 radical (unpaired) electrons. The maximum Gasteiger partial charge on any atom is 0.129 e. The first-order valence-electron chi connectivity index (χ1n) is 4.37. The molecule has 0 aromatic heterocycles. The van der Waals surface area contributed by atoms with Crippen LogP contribution in [0.3, 0.4) is 0 Å². The highest BCUT2D eigenvalue weighted by molar-refractivity contribution is 9.10. The predicted molar refractivity (Wildman–Crippen MR) is 58.6 cm³/mol. The molecule has 0 saturated carbocycles. The van der Waals surface area contributed by atoms with Gasteiger partial charge in [0.2, 0.25) is 0 Å². The summed E-state index contributed by atoms with van der Waals surface area (Å²) in [5.41, 5.74) is 0.566. The van der Waals surface area contributed by atoms with Crippen LogP contribution in [0, 0.1) is 5.82 Å². The van der Waals surface area contributed by atoms with Crippen molar-refractivity contribution < 1.29 is 9.13 Å². The van der Waals surface area contributed by atoms with Gasteiger partial charge >= 0.3 is 0 Å². The van der Waals surface area contributed by atoms with E-state index in [-0.39, 0.29) is 5.82 Å². The zero-order valence-corrected chi connectivity index (χ0v) is 9.39. The Kier molecular flexibility index (Phi) is 4.84. The highest BCUT2D eigenvalue weighted by Gasteiger charge is 2.05. The van der Waals surface area contributed by atoms with Crippen LogP contribution in [0.4, 0.5) is 4.39 Å². The van der Waals surface area contributed by atoms with E-state index in [2.05, 4.69) is 22.5 Å². The first kappa shape index (κ1) is 11.4. The Balaban J connectivity index is 2.53. The van der Waals surface area contributed by atoms with Gasteiger partial charge in [-0.1, -0.05) is 28.1 Å². The Morgan fingerprint density at radius 2 is 2.29 bits per heavy atom. The fourth-order valence-electron chi connectivity index (χ4n) is 1.01. The van der Waals surface area contributed by atoms with Crippen LogP contribution in [0.25, 0.3) is 0 Å². The molecule has 1 nitrogen and oxygen atoms in total. The first-order chi connectivity index (χ1) is 6.75. The number of hydrogen-bond donors (Lipinski definition) is 0. The van der Waals surface area contributed by atoms with Crippen LogP contribution in [0.2, 0.25) is 0 Å². The molecule has 3 heteroatoms. The van der Waals surface area contributed by atoms with Gasteiger partial charge in [0.05, 0.1) is 13.2 Å². The minimum atomic E-state index is -0.238. The van der Waals surface area contributed by atoms with Crippen molar-refractivity contribution >= 4 is 15.9 Å². The van der Waals surface area contributed by atoms with Crippen LogP contribution in [-0.4, -0.2) is 6.61 Å². The van der Waals surface area contributed by atoms with E-state index in [1.54, 1.807) is 18.2 Å². The maximum atomic E-state index is 13.2. The lowest BCUT2D eigenvalue weighted by atomic mass is 10.2. The number of halogens is 2. The third-order valence-corrected chi connectivity index (χ3v) is 2.52. The number of benzene rings is 1. The van der Waals surface area contributed by atoms with Crippen LogP contribution < -0.4 is 0 Å². The van der Waals surface area contributed by atoms with Crippen molar-refractivity contribution in [2.45, 2.75) is 13.0 Å². The van der Waals surface area contributed by atoms with Gasteiger partial charge in [-0.2, -0.15) is 0 Å². The van der Waals surface area contributed by atoms with Crippen LogP contribution >= 0.6 is 15.9 Å². The summed E-state index contributed by atoms with van der Waals surface area (Å²) in [6.07, 6.45) is 2.56. The third-order valence-electron chi connectivity index (χ3n) is 1.77. The van der Waals surface area contributed by atoms with E-state index in [0.717, 1.165) is 10.9 Å². The number of ether oxygens (including phenoxy) is 1. The predicted octanol–water partition coefficient (Wildman–Crippen LogP) is 3.68. The van der Waals surface area contributed by atoms with Gasteiger partial charge in [0.25, 0.3) is 0 Å². The zero-order valence-electron chi connectivity index (χ0n) is 7.80. The zero-order chi connectivity index (χ0) is 10.4. The average Bonchev–Trinajstić information content (AvgIpc) is 2.16. The van der Waals surface area contributed by atoms with Crippen molar-refractivity contribution in [2.24, 2.45) is 0 Å². The van der Waals surface area contributed by atoms with Gasteiger partial charge < -0.3 is 4.74 Å². The van der Waals surface area contributed by atoms with Gasteiger partial charge in [-0.15, -0.1) is 6.58 Å². The van der Waals surface area contributed by atoms with Crippen LogP contribution in [0.5, 0.6) is 0 Å². The van der Waals surface area contributed by atoms with Gasteiger partial charge in [0.15, 0.2) is 0 Å². The van der Waals surface area contributed by atoms with E-state index in [0.29, 0.717) is 18.8 Å². The Morgan fingerprint density at radius 3 is 2.93 bits per heavy atom. The van der Waals surface area contributed by atoms with Crippen molar-refractivity contribution in [3.05, 3.63) is 46.7 Å². The molecule has 0 saturated heterocycles. The number of hydrogen-bond acceptors (Lipinski definition) is 1. The fourth-order valence-corrected chi connectivity index (χ4v) is 1.47. The lowest BCUT2D eigenvalue weighted by Crippen LogP contribution is -1.98. The summed E-state index contributed by atoms with van der Waals surface area (Å²) in [5, 5.41) is 0. The minimum absolute atomic E-state index is 0.238. The molecule has 0 aliphatic carbocycles. The molecule has 14 heavy (non-hydrogen) atoms. The molecule has 1 aromatic rings. The van der Waals surface area contributed by atoms with E-state index < -0.39 is 0 Å². The summed E-state index contributed by atoms with van der Waals surface area (Å²) >= 11 is 3.28. The maximum absolute atomic E-state index is 13.2. The summed E-state index contributed by atoms with van der Waals surface area (Å²) in [4.78, 5) is 0. The molecule has 0 heterocycles. The molecule has 0 fully saturated rings. The topological polar surface area (TPSA) is 9.23 Å². The molecular weight excluding hydrogens is 247 g/mol. The van der Waals surface area contributed by atoms with Gasteiger partial charge in [0, 0.05) is 10.0 Å². The van der Waals surface area contributed by atoms with Gasteiger partial charge in [-0.25, -0.2) is 4.39 Å². The monoisotopic (exact) mass is 258 g/mol. The number of rotatable bonds is 5. The van der Waals surface area contributed by atoms with E-state index in [1.165, 1.54) is 6.07 Å². The Hall–Kier alpha value is -0.670. The minimum Gasteiger partial charge on any atom is -0.376 e. The van der Waals surface area contributed by atoms with Crippen molar-refractivity contribution in [3.8, 4) is 0 Å². The second-order valence-electron chi connectivity index (χ2n) is 2.83. The van der Waals surface area contributed by atoms with Crippen molar-refractivity contribution in [1.82, 2.24) is 0 Å². The molecule has 0 bridgehead atoms. The lowest BCUT2D eigenvalue weighted by Gasteiger charge is -2.06. The molecule has 0 amide bonds. The second kappa shape index (κ2) is 5.94. The summed E-state index contributed by atoms with van der Waals surface area (Å²) in [6, 6.07) is 4.89. The molecule has 0 aliphatic rings. The molecule has 0 spiro atoms. The molecule has 0 N–H and O–H groups in total. The van der Waals surface area contributed by atoms with E-state index in [1.807, 2.05) is 0 Å². The second-order valence-corrected chi connectivity index (χ2v) is 3.68. The normalized spacial score (nSPS) is 10.1. The molecule has 0 aliphatic heterocycles.